The van der Waals surface area contributed by atoms with Crippen LogP contribution in [0.3, 0.4) is 0 Å². The molecule has 5 heteroatoms. The zero-order chi connectivity index (χ0) is 17.5. The van der Waals surface area contributed by atoms with E-state index >= 15 is 0 Å². The van der Waals surface area contributed by atoms with E-state index in [0.717, 1.165) is 28.9 Å². The van der Waals surface area contributed by atoms with Crippen molar-refractivity contribution in [1.29, 1.82) is 0 Å². The van der Waals surface area contributed by atoms with Gasteiger partial charge in [-0.05, 0) is 43.3 Å². The molecule has 0 aliphatic rings. The fourth-order valence-corrected chi connectivity index (χ4v) is 2.78. The molecule has 0 atom stereocenters. The molecule has 0 aliphatic heterocycles. The number of hydrogen-bond donors (Lipinski definition) is 3. The first kappa shape index (κ1) is 18.3. The van der Waals surface area contributed by atoms with Crippen molar-refractivity contribution in [2.24, 2.45) is 5.73 Å². The van der Waals surface area contributed by atoms with E-state index < -0.39 is 0 Å². The van der Waals surface area contributed by atoms with E-state index in [1.807, 2.05) is 48.3 Å². The number of aromatic hydroxyl groups is 1. The number of nitrogens with zero attached hydrogens (tertiary/aromatic N) is 1. The van der Waals surface area contributed by atoms with Gasteiger partial charge in [-0.15, -0.1) is 0 Å². The summed E-state index contributed by atoms with van der Waals surface area (Å²) in [4.78, 5) is 2.03. The first-order chi connectivity index (χ1) is 11.5. The Morgan fingerprint density at radius 3 is 2.62 bits per heavy atom. The van der Waals surface area contributed by atoms with E-state index in [4.69, 9.17) is 17.3 Å². The topological polar surface area (TPSA) is 61.5 Å². The monoisotopic (exact) mass is 345 g/mol. The van der Waals surface area contributed by atoms with Gasteiger partial charge in [0.25, 0.3) is 0 Å². The summed E-state index contributed by atoms with van der Waals surface area (Å²) in [5.41, 5.74) is 9.80. The van der Waals surface area contributed by atoms with Crippen LogP contribution in [0.2, 0.25) is 5.02 Å². The summed E-state index contributed by atoms with van der Waals surface area (Å²) < 4.78 is 0. The fraction of sp³-hybridized carbons (Fsp3) is 0.263. The van der Waals surface area contributed by atoms with Gasteiger partial charge in [0.2, 0.25) is 0 Å². The Kier molecular flexibility index (Phi) is 6.67. The van der Waals surface area contributed by atoms with Gasteiger partial charge in [0, 0.05) is 36.0 Å². The van der Waals surface area contributed by atoms with Gasteiger partial charge in [-0.25, -0.2) is 0 Å². The Labute approximate surface area is 148 Å². The first-order valence-electron chi connectivity index (χ1n) is 7.86. The van der Waals surface area contributed by atoms with Crippen LogP contribution in [0, 0.1) is 0 Å². The molecule has 0 saturated carbocycles. The second kappa shape index (κ2) is 8.73. The summed E-state index contributed by atoms with van der Waals surface area (Å²) >= 11 is 6.39. The van der Waals surface area contributed by atoms with Crippen LogP contribution in [0.1, 0.15) is 18.1 Å². The van der Waals surface area contributed by atoms with E-state index in [1.165, 1.54) is 0 Å². The molecule has 0 unspecified atom stereocenters. The quantitative estimate of drug-likeness (QED) is 0.673. The lowest BCUT2D eigenvalue weighted by molar-refractivity contribution is 0.374. The molecule has 0 radical (unpaired) electrons. The minimum Gasteiger partial charge on any atom is -0.508 e. The van der Waals surface area contributed by atoms with Crippen LogP contribution in [0.5, 0.6) is 5.75 Å². The molecule has 0 aliphatic carbocycles. The maximum atomic E-state index is 9.62. The van der Waals surface area contributed by atoms with Gasteiger partial charge in [-0.1, -0.05) is 41.9 Å². The molecule has 24 heavy (non-hydrogen) atoms. The van der Waals surface area contributed by atoms with E-state index in [-0.39, 0.29) is 5.75 Å². The highest BCUT2D eigenvalue weighted by Gasteiger charge is 2.11. The van der Waals surface area contributed by atoms with Crippen LogP contribution < -0.4 is 11.1 Å². The van der Waals surface area contributed by atoms with Crippen molar-refractivity contribution < 1.29 is 5.11 Å². The number of hydrogen-bond acceptors (Lipinski definition) is 4. The second-order valence-electron chi connectivity index (χ2n) is 5.86. The third-order valence-electron chi connectivity index (χ3n) is 3.77. The lowest BCUT2D eigenvalue weighted by Gasteiger charge is -2.20. The summed E-state index contributed by atoms with van der Waals surface area (Å²) in [7, 11) is 1.98. The van der Waals surface area contributed by atoms with Crippen molar-refractivity contribution in [2.75, 3.05) is 20.3 Å². The van der Waals surface area contributed by atoms with E-state index in [2.05, 4.69) is 12.2 Å². The molecule has 0 heterocycles. The predicted molar refractivity (Wildman–Crippen MR) is 101 cm³/mol. The van der Waals surface area contributed by atoms with E-state index in [9.17, 15) is 5.11 Å². The van der Waals surface area contributed by atoms with Crippen molar-refractivity contribution in [3.05, 3.63) is 70.3 Å². The maximum Gasteiger partial charge on any atom is 0.115 e. The molecule has 128 valence electrons. The first-order valence-corrected chi connectivity index (χ1v) is 8.24. The molecular weight excluding hydrogens is 322 g/mol. The number of likely N-dealkylation sites (N-methyl/N-ethyl adjacent to an activating group) is 1. The standard InChI is InChI=1S/C19H24ClN3O/c1-14(12-23(2)13-21)19(17-8-3-4-9-18(17)20)22-11-15-6-5-7-16(24)10-15/h3-10,22,24H,11-13,21H2,1-2H3/b19-14+. The minimum atomic E-state index is 0.261. The van der Waals surface area contributed by atoms with Crippen LogP contribution in [0.15, 0.2) is 54.1 Å². The molecule has 4 N–H and O–H groups in total. The van der Waals surface area contributed by atoms with Gasteiger partial charge in [0.15, 0.2) is 0 Å². The number of phenolic OH excluding ortho intramolecular Hbond substituents is 1. The van der Waals surface area contributed by atoms with Gasteiger partial charge in [0.1, 0.15) is 5.75 Å². The van der Waals surface area contributed by atoms with Crippen LogP contribution in [-0.4, -0.2) is 30.3 Å². The summed E-state index contributed by atoms with van der Waals surface area (Å²) in [5, 5.41) is 13.8. The van der Waals surface area contributed by atoms with E-state index in [1.54, 1.807) is 12.1 Å². The summed E-state index contributed by atoms with van der Waals surface area (Å²) in [6.45, 7) is 3.89. The van der Waals surface area contributed by atoms with Crippen molar-refractivity contribution in [3.63, 3.8) is 0 Å². The molecular formula is C19H24ClN3O. The van der Waals surface area contributed by atoms with Gasteiger partial charge in [0.05, 0.1) is 0 Å². The summed E-state index contributed by atoms with van der Waals surface area (Å²) in [6, 6.07) is 15.0. The molecule has 4 nitrogen and oxygen atoms in total. The SMILES string of the molecule is C/C(CN(C)CN)=C(\NCc1cccc(O)c1)c1ccccc1Cl. The second-order valence-corrected chi connectivity index (χ2v) is 6.26. The average Bonchev–Trinajstić information content (AvgIpc) is 2.56. The molecule has 0 amide bonds. The molecule has 0 fully saturated rings. The Morgan fingerprint density at radius 2 is 1.96 bits per heavy atom. The smallest absolute Gasteiger partial charge is 0.115 e. The third-order valence-corrected chi connectivity index (χ3v) is 4.10. The van der Waals surface area contributed by atoms with Gasteiger partial charge < -0.3 is 16.2 Å². The number of benzene rings is 2. The number of halogens is 1. The molecule has 2 aromatic rings. The Hall–Kier alpha value is -2.01. The summed E-state index contributed by atoms with van der Waals surface area (Å²) in [6.07, 6.45) is 0. The zero-order valence-corrected chi connectivity index (χ0v) is 14.8. The average molecular weight is 346 g/mol. The highest BCUT2D eigenvalue weighted by Crippen LogP contribution is 2.25. The lowest BCUT2D eigenvalue weighted by atomic mass is 10.1. The van der Waals surface area contributed by atoms with Crippen LogP contribution >= 0.6 is 11.6 Å². The zero-order valence-electron chi connectivity index (χ0n) is 14.1. The molecule has 2 aromatic carbocycles. The summed E-state index contributed by atoms with van der Waals surface area (Å²) in [5.74, 6) is 0.261. The van der Waals surface area contributed by atoms with Gasteiger partial charge in [-0.3, -0.25) is 4.90 Å². The van der Waals surface area contributed by atoms with Gasteiger partial charge >= 0.3 is 0 Å². The molecule has 0 spiro atoms. The molecule has 2 rings (SSSR count). The van der Waals surface area contributed by atoms with Crippen LogP contribution in [-0.2, 0) is 6.54 Å². The lowest BCUT2D eigenvalue weighted by Crippen LogP contribution is -2.28. The number of nitrogens with two attached hydrogens (primary N) is 1. The fourth-order valence-electron chi connectivity index (χ4n) is 2.55. The van der Waals surface area contributed by atoms with Crippen molar-refractivity contribution in [3.8, 4) is 5.75 Å². The van der Waals surface area contributed by atoms with Crippen molar-refractivity contribution in [2.45, 2.75) is 13.5 Å². The minimum absolute atomic E-state index is 0.261. The van der Waals surface area contributed by atoms with Crippen LogP contribution in [0.4, 0.5) is 0 Å². The molecule has 0 saturated heterocycles. The van der Waals surface area contributed by atoms with E-state index in [0.29, 0.717) is 18.2 Å². The largest absolute Gasteiger partial charge is 0.508 e. The van der Waals surface area contributed by atoms with Crippen molar-refractivity contribution >= 4 is 17.3 Å². The maximum absolute atomic E-state index is 9.62. The number of phenols is 1. The normalized spacial score (nSPS) is 12.2. The molecule has 0 bridgehead atoms. The highest BCUT2D eigenvalue weighted by atomic mass is 35.5. The highest BCUT2D eigenvalue weighted by molar-refractivity contribution is 6.32. The third kappa shape index (κ3) is 4.99. The number of nitrogens with one attached hydrogen (secondary N) is 1. The molecule has 0 aromatic heterocycles. The Bertz CT molecular complexity index is 715. The number of rotatable bonds is 7. The predicted octanol–water partition coefficient (Wildman–Crippen LogP) is 3.41. The van der Waals surface area contributed by atoms with Crippen LogP contribution in [0.25, 0.3) is 5.70 Å². The van der Waals surface area contributed by atoms with Gasteiger partial charge in [-0.2, -0.15) is 0 Å². The Balaban J connectivity index is 2.29. The van der Waals surface area contributed by atoms with Crippen molar-refractivity contribution in [1.82, 2.24) is 10.2 Å². The Morgan fingerprint density at radius 1 is 1.21 bits per heavy atom.